The lowest BCUT2D eigenvalue weighted by Gasteiger charge is -2.34. The summed E-state index contributed by atoms with van der Waals surface area (Å²) < 4.78 is 5.39. The standard InChI is InChI=1S/C18H27NO2/c1-6-21-16(20)18(12-17(4,5)11-14(18)3)19-15-9-7-8-13(2)10-15/h7-10,14,19H,6,11-12H2,1-5H3. The molecule has 1 aromatic rings. The van der Waals surface area contributed by atoms with E-state index >= 15 is 0 Å². The summed E-state index contributed by atoms with van der Waals surface area (Å²) in [5.41, 5.74) is 1.70. The molecule has 0 aromatic heterocycles. The van der Waals surface area contributed by atoms with Crippen LogP contribution in [0, 0.1) is 18.3 Å². The molecule has 1 aromatic carbocycles. The van der Waals surface area contributed by atoms with E-state index in [4.69, 9.17) is 4.74 Å². The molecule has 0 aliphatic heterocycles. The zero-order valence-electron chi connectivity index (χ0n) is 13.8. The van der Waals surface area contributed by atoms with Gasteiger partial charge in [-0.3, -0.25) is 0 Å². The number of hydrogen-bond acceptors (Lipinski definition) is 3. The predicted octanol–water partition coefficient (Wildman–Crippen LogP) is 4.16. The maximum atomic E-state index is 12.7. The van der Waals surface area contributed by atoms with Crippen molar-refractivity contribution < 1.29 is 9.53 Å². The second-order valence-electron chi connectivity index (χ2n) is 7.13. The molecular weight excluding hydrogens is 262 g/mol. The van der Waals surface area contributed by atoms with Crippen molar-refractivity contribution in [3.63, 3.8) is 0 Å². The Balaban J connectivity index is 2.35. The number of hydrogen-bond donors (Lipinski definition) is 1. The van der Waals surface area contributed by atoms with Crippen molar-refractivity contribution in [2.75, 3.05) is 11.9 Å². The van der Waals surface area contributed by atoms with Crippen LogP contribution in [0.4, 0.5) is 5.69 Å². The first kappa shape index (κ1) is 15.9. The largest absolute Gasteiger partial charge is 0.464 e. The Bertz CT molecular complexity index is 524. The van der Waals surface area contributed by atoms with Crippen molar-refractivity contribution >= 4 is 11.7 Å². The Labute approximate surface area is 128 Å². The number of carbonyl (C=O) groups is 1. The van der Waals surface area contributed by atoms with Crippen molar-refractivity contribution in [3.8, 4) is 0 Å². The topological polar surface area (TPSA) is 38.3 Å². The van der Waals surface area contributed by atoms with Crippen molar-refractivity contribution in [2.45, 2.75) is 53.0 Å². The highest BCUT2D eigenvalue weighted by Crippen LogP contribution is 2.49. The van der Waals surface area contributed by atoms with Gasteiger partial charge in [-0.1, -0.05) is 32.9 Å². The fourth-order valence-electron chi connectivity index (χ4n) is 3.74. The minimum Gasteiger partial charge on any atom is -0.464 e. The van der Waals surface area contributed by atoms with Crippen molar-refractivity contribution in [2.24, 2.45) is 11.3 Å². The highest BCUT2D eigenvalue weighted by Gasteiger charge is 2.54. The summed E-state index contributed by atoms with van der Waals surface area (Å²) in [6, 6.07) is 8.18. The summed E-state index contributed by atoms with van der Waals surface area (Å²) in [5.74, 6) is 0.122. The molecule has 0 amide bonds. The van der Waals surface area contributed by atoms with Gasteiger partial charge in [0.1, 0.15) is 5.54 Å². The Morgan fingerprint density at radius 3 is 2.67 bits per heavy atom. The number of benzene rings is 1. The molecule has 2 rings (SSSR count). The molecular formula is C18H27NO2. The van der Waals surface area contributed by atoms with Crippen LogP contribution in [0.3, 0.4) is 0 Å². The second kappa shape index (κ2) is 5.70. The number of esters is 1. The van der Waals surface area contributed by atoms with E-state index in [1.165, 1.54) is 5.56 Å². The maximum absolute atomic E-state index is 12.7. The molecule has 1 aliphatic rings. The third-order valence-corrected chi connectivity index (χ3v) is 4.48. The molecule has 116 valence electrons. The van der Waals surface area contributed by atoms with Gasteiger partial charge in [0.2, 0.25) is 0 Å². The number of anilines is 1. The van der Waals surface area contributed by atoms with Gasteiger partial charge in [-0.25, -0.2) is 4.79 Å². The third-order valence-electron chi connectivity index (χ3n) is 4.48. The van der Waals surface area contributed by atoms with Crippen LogP contribution in [-0.4, -0.2) is 18.1 Å². The molecule has 0 radical (unpaired) electrons. The number of carbonyl (C=O) groups excluding carboxylic acids is 1. The van der Waals surface area contributed by atoms with Gasteiger partial charge in [0.05, 0.1) is 6.61 Å². The van der Waals surface area contributed by atoms with E-state index < -0.39 is 5.54 Å². The lowest BCUT2D eigenvalue weighted by atomic mass is 9.86. The SMILES string of the molecule is CCOC(=O)C1(Nc2cccc(C)c2)CC(C)(C)CC1C. The zero-order valence-corrected chi connectivity index (χ0v) is 13.8. The summed E-state index contributed by atoms with van der Waals surface area (Å²) in [5, 5.41) is 3.51. The first-order valence-corrected chi connectivity index (χ1v) is 7.81. The first-order chi connectivity index (χ1) is 9.79. The summed E-state index contributed by atoms with van der Waals surface area (Å²) in [4.78, 5) is 12.7. The lowest BCUT2D eigenvalue weighted by molar-refractivity contribution is -0.150. The maximum Gasteiger partial charge on any atom is 0.332 e. The van der Waals surface area contributed by atoms with Crippen molar-refractivity contribution in [1.82, 2.24) is 0 Å². The zero-order chi connectivity index (χ0) is 15.7. The number of nitrogens with one attached hydrogen (secondary N) is 1. The number of rotatable bonds is 4. The summed E-state index contributed by atoms with van der Waals surface area (Å²) in [7, 11) is 0. The molecule has 2 unspecified atom stereocenters. The van der Waals surface area contributed by atoms with Crippen LogP contribution >= 0.6 is 0 Å². The summed E-state index contributed by atoms with van der Waals surface area (Å²) in [6.07, 6.45) is 1.82. The van der Waals surface area contributed by atoms with Crippen molar-refractivity contribution in [3.05, 3.63) is 29.8 Å². The van der Waals surface area contributed by atoms with Crippen LogP contribution in [0.5, 0.6) is 0 Å². The van der Waals surface area contributed by atoms with E-state index in [2.05, 4.69) is 45.1 Å². The molecule has 21 heavy (non-hydrogen) atoms. The van der Waals surface area contributed by atoms with Crippen LogP contribution < -0.4 is 5.32 Å². The van der Waals surface area contributed by atoms with Crippen LogP contribution in [0.1, 0.15) is 46.1 Å². The molecule has 3 heteroatoms. The van der Waals surface area contributed by atoms with Gasteiger partial charge < -0.3 is 10.1 Å². The normalized spacial score (nSPS) is 27.4. The summed E-state index contributed by atoms with van der Waals surface area (Å²) >= 11 is 0. The molecule has 2 atom stereocenters. The minimum absolute atomic E-state index is 0.121. The first-order valence-electron chi connectivity index (χ1n) is 7.81. The average molecular weight is 289 g/mol. The Hall–Kier alpha value is -1.51. The highest BCUT2D eigenvalue weighted by atomic mass is 16.5. The number of ether oxygens (including phenoxy) is 1. The van der Waals surface area contributed by atoms with Gasteiger partial charge >= 0.3 is 5.97 Å². The molecule has 3 nitrogen and oxygen atoms in total. The van der Waals surface area contributed by atoms with E-state index in [1.54, 1.807) is 0 Å². The van der Waals surface area contributed by atoms with E-state index in [0.717, 1.165) is 18.5 Å². The minimum atomic E-state index is -0.618. The lowest BCUT2D eigenvalue weighted by Crippen LogP contribution is -2.50. The van der Waals surface area contributed by atoms with E-state index in [9.17, 15) is 4.79 Å². The molecule has 0 bridgehead atoms. The van der Waals surface area contributed by atoms with Crippen LogP contribution in [0.2, 0.25) is 0 Å². The van der Waals surface area contributed by atoms with Crippen LogP contribution in [0.25, 0.3) is 0 Å². The molecule has 1 saturated carbocycles. The van der Waals surface area contributed by atoms with E-state index in [0.29, 0.717) is 6.61 Å². The van der Waals surface area contributed by atoms with Gasteiger partial charge in [0.15, 0.2) is 0 Å². The molecule has 0 saturated heterocycles. The molecule has 1 fully saturated rings. The van der Waals surface area contributed by atoms with E-state index in [-0.39, 0.29) is 17.3 Å². The van der Waals surface area contributed by atoms with Crippen molar-refractivity contribution in [1.29, 1.82) is 0 Å². The summed E-state index contributed by atoms with van der Waals surface area (Å²) in [6.45, 7) is 10.9. The third kappa shape index (κ3) is 3.22. The average Bonchev–Trinajstić information content (AvgIpc) is 2.60. The monoisotopic (exact) mass is 289 g/mol. The van der Waals surface area contributed by atoms with Gasteiger partial charge in [0.25, 0.3) is 0 Å². The second-order valence-corrected chi connectivity index (χ2v) is 7.13. The quantitative estimate of drug-likeness (QED) is 0.846. The smallest absolute Gasteiger partial charge is 0.332 e. The Morgan fingerprint density at radius 1 is 1.43 bits per heavy atom. The molecule has 1 N–H and O–H groups in total. The van der Waals surface area contributed by atoms with Gasteiger partial charge in [-0.15, -0.1) is 0 Å². The molecule has 0 heterocycles. The number of aryl methyl sites for hydroxylation is 1. The van der Waals surface area contributed by atoms with Gasteiger partial charge in [-0.2, -0.15) is 0 Å². The predicted molar refractivity (Wildman–Crippen MR) is 86.3 cm³/mol. The van der Waals surface area contributed by atoms with Gasteiger partial charge in [0, 0.05) is 5.69 Å². The Morgan fingerprint density at radius 2 is 2.14 bits per heavy atom. The highest BCUT2D eigenvalue weighted by molar-refractivity contribution is 5.85. The Kier molecular flexibility index (Phi) is 4.31. The van der Waals surface area contributed by atoms with Crippen LogP contribution in [0.15, 0.2) is 24.3 Å². The van der Waals surface area contributed by atoms with Gasteiger partial charge in [-0.05, 0) is 55.7 Å². The fourth-order valence-corrected chi connectivity index (χ4v) is 3.74. The molecule has 1 aliphatic carbocycles. The fraction of sp³-hybridized carbons (Fsp3) is 0.611. The van der Waals surface area contributed by atoms with E-state index in [1.807, 2.05) is 19.1 Å². The van der Waals surface area contributed by atoms with Crippen LogP contribution in [-0.2, 0) is 9.53 Å². The molecule has 0 spiro atoms.